The Labute approximate surface area is 204 Å². The highest BCUT2D eigenvalue weighted by Crippen LogP contribution is 2.32. The van der Waals surface area contributed by atoms with Crippen molar-refractivity contribution in [2.45, 2.75) is 18.7 Å². The van der Waals surface area contributed by atoms with Crippen LogP contribution < -0.4 is 4.31 Å². The molecule has 7 nitrogen and oxygen atoms in total. The van der Waals surface area contributed by atoms with Crippen molar-refractivity contribution in [1.29, 1.82) is 0 Å². The molecule has 0 saturated heterocycles. The predicted molar refractivity (Wildman–Crippen MR) is 138 cm³/mol. The van der Waals surface area contributed by atoms with E-state index >= 15 is 0 Å². The number of amidine groups is 1. The molecular formula is C27H23N3O4S. The molecule has 0 heterocycles. The molecule has 0 fully saturated rings. The minimum absolute atomic E-state index is 0.122. The van der Waals surface area contributed by atoms with Crippen molar-refractivity contribution in [3.63, 3.8) is 0 Å². The number of benzene rings is 4. The van der Waals surface area contributed by atoms with Gasteiger partial charge >= 0.3 is 0 Å². The van der Waals surface area contributed by atoms with Crippen molar-refractivity contribution in [3.05, 3.63) is 130 Å². The molecule has 8 heteroatoms. The number of nitro groups is 1. The average Bonchev–Trinajstić information content (AvgIpc) is 2.86. The minimum Gasteiger partial charge on any atom is -0.258 e. The number of hydrogen-bond acceptors (Lipinski definition) is 5. The Balaban J connectivity index is 2.03. The lowest BCUT2D eigenvalue weighted by molar-refractivity contribution is -0.387. The maximum atomic E-state index is 14.1. The van der Waals surface area contributed by atoms with Gasteiger partial charge < -0.3 is 0 Å². The first-order chi connectivity index (χ1) is 16.8. The summed E-state index contributed by atoms with van der Waals surface area (Å²) >= 11 is 0. The number of aryl methyl sites for hydroxylation is 2. The first-order valence-electron chi connectivity index (χ1n) is 10.8. The summed E-state index contributed by atoms with van der Waals surface area (Å²) in [4.78, 5) is 15.3. The molecule has 0 aromatic heterocycles. The zero-order valence-corrected chi connectivity index (χ0v) is 20.0. The van der Waals surface area contributed by atoms with Gasteiger partial charge in [-0.05, 0) is 44.2 Å². The molecule has 4 aromatic rings. The maximum absolute atomic E-state index is 14.1. The molecule has 0 atom stereocenters. The van der Waals surface area contributed by atoms with Crippen LogP contribution >= 0.6 is 0 Å². The van der Waals surface area contributed by atoms with Gasteiger partial charge in [-0.3, -0.25) is 10.1 Å². The first-order valence-corrected chi connectivity index (χ1v) is 12.3. The van der Waals surface area contributed by atoms with E-state index in [4.69, 9.17) is 4.99 Å². The van der Waals surface area contributed by atoms with Crippen molar-refractivity contribution in [1.82, 2.24) is 0 Å². The van der Waals surface area contributed by atoms with E-state index in [0.29, 0.717) is 16.9 Å². The molecule has 4 rings (SSSR count). The van der Waals surface area contributed by atoms with Crippen LogP contribution in [0.25, 0.3) is 0 Å². The monoisotopic (exact) mass is 485 g/mol. The Morgan fingerprint density at radius 3 is 1.91 bits per heavy atom. The molecule has 0 N–H and O–H groups in total. The summed E-state index contributed by atoms with van der Waals surface area (Å²) in [5.41, 5.74) is 2.86. The third-order valence-electron chi connectivity index (χ3n) is 5.34. The van der Waals surface area contributed by atoms with Gasteiger partial charge in [0.2, 0.25) is 0 Å². The Morgan fingerprint density at radius 1 is 0.771 bits per heavy atom. The molecule has 0 unspecified atom stereocenters. The quantitative estimate of drug-likeness (QED) is 0.141. The van der Waals surface area contributed by atoms with E-state index in [2.05, 4.69) is 0 Å². The first kappa shape index (κ1) is 23.8. The van der Waals surface area contributed by atoms with Crippen molar-refractivity contribution in [2.75, 3.05) is 4.31 Å². The Morgan fingerprint density at radius 2 is 1.31 bits per heavy atom. The van der Waals surface area contributed by atoms with E-state index in [0.717, 1.165) is 15.4 Å². The van der Waals surface area contributed by atoms with Gasteiger partial charge in [0, 0.05) is 11.6 Å². The van der Waals surface area contributed by atoms with Gasteiger partial charge in [-0.1, -0.05) is 77.9 Å². The normalized spacial score (nSPS) is 11.8. The van der Waals surface area contributed by atoms with Gasteiger partial charge in [0.25, 0.3) is 15.7 Å². The lowest BCUT2D eigenvalue weighted by Gasteiger charge is -2.26. The van der Waals surface area contributed by atoms with E-state index in [1.165, 1.54) is 24.3 Å². The zero-order valence-electron chi connectivity index (χ0n) is 19.2. The molecule has 35 heavy (non-hydrogen) atoms. The van der Waals surface area contributed by atoms with Crippen molar-refractivity contribution >= 4 is 32.9 Å². The van der Waals surface area contributed by atoms with Crippen LogP contribution in [0.1, 0.15) is 16.7 Å². The zero-order chi connectivity index (χ0) is 25.0. The lowest BCUT2D eigenvalue weighted by atomic mass is 10.1. The fourth-order valence-electron chi connectivity index (χ4n) is 3.54. The fraction of sp³-hybridized carbons (Fsp3) is 0.0741. The van der Waals surface area contributed by atoms with Crippen LogP contribution in [0.3, 0.4) is 0 Å². The molecule has 0 aliphatic heterocycles. The largest absolute Gasteiger partial charge is 0.289 e. The summed E-state index contributed by atoms with van der Waals surface area (Å²) < 4.78 is 29.4. The molecule has 0 aliphatic carbocycles. The highest BCUT2D eigenvalue weighted by molar-refractivity contribution is 7.93. The molecule has 0 bridgehead atoms. The van der Waals surface area contributed by atoms with Gasteiger partial charge in [-0.2, -0.15) is 0 Å². The van der Waals surface area contributed by atoms with Gasteiger partial charge in [0.05, 0.1) is 16.3 Å². The standard InChI is InChI=1S/C27H23N3O4S/c1-20-12-16-23(17-13-20)28-27(22-8-4-3-5-9-22)29(24-18-14-21(2)15-19-24)35(33,34)26-11-7-6-10-25(26)30(31)32/h3-19H,1-2H3. The van der Waals surface area contributed by atoms with Crippen LogP contribution in [0.15, 0.2) is 113 Å². The SMILES string of the molecule is Cc1ccc(N=C(c2ccccc2)N(c2ccc(C)cc2)S(=O)(=O)c2ccccc2[N+](=O)[O-])cc1. The molecule has 176 valence electrons. The van der Waals surface area contributed by atoms with Gasteiger partial charge in [-0.25, -0.2) is 17.7 Å². The highest BCUT2D eigenvalue weighted by atomic mass is 32.2. The van der Waals surface area contributed by atoms with Crippen LogP contribution in [-0.4, -0.2) is 19.2 Å². The molecule has 0 spiro atoms. The van der Waals surface area contributed by atoms with Gasteiger partial charge in [-0.15, -0.1) is 0 Å². The summed E-state index contributed by atoms with van der Waals surface area (Å²) in [7, 11) is -4.46. The summed E-state index contributed by atoms with van der Waals surface area (Å²) in [6.07, 6.45) is 0. The lowest BCUT2D eigenvalue weighted by Crippen LogP contribution is -2.38. The van der Waals surface area contributed by atoms with E-state index < -0.39 is 25.5 Å². The number of aliphatic imine (C=N–C) groups is 1. The second-order valence-electron chi connectivity index (χ2n) is 7.97. The van der Waals surface area contributed by atoms with Crippen LogP contribution in [0, 0.1) is 24.0 Å². The summed E-state index contributed by atoms with van der Waals surface area (Å²) in [5.74, 6) is 0.122. The fourth-order valence-corrected chi connectivity index (χ4v) is 5.16. The molecule has 4 aromatic carbocycles. The number of nitro benzene ring substituents is 1. The van der Waals surface area contributed by atoms with Crippen molar-refractivity contribution in [3.8, 4) is 0 Å². The second kappa shape index (κ2) is 9.90. The molecule has 0 radical (unpaired) electrons. The number of hydrogen-bond donors (Lipinski definition) is 0. The Hall–Kier alpha value is -4.30. The summed E-state index contributed by atoms with van der Waals surface area (Å²) in [6, 6.07) is 28.5. The van der Waals surface area contributed by atoms with E-state index in [1.807, 2.05) is 32.0 Å². The van der Waals surface area contributed by atoms with Crippen LogP contribution in [0.4, 0.5) is 17.1 Å². The maximum Gasteiger partial charge on any atom is 0.289 e. The van der Waals surface area contributed by atoms with E-state index in [1.54, 1.807) is 60.7 Å². The Bertz CT molecular complexity index is 1480. The van der Waals surface area contributed by atoms with Gasteiger partial charge in [0.1, 0.15) is 0 Å². The van der Waals surface area contributed by atoms with Crippen LogP contribution in [-0.2, 0) is 10.0 Å². The highest BCUT2D eigenvalue weighted by Gasteiger charge is 2.35. The van der Waals surface area contributed by atoms with Crippen molar-refractivity contribution in [2.24, 2.45) is 4.99 Å². The average molecular weight is 486 g/mol. The third kappa shape index (κ3) is 5.12. The number of nitrogens with zero attached hydrogens (tertiary/aromatic N) is 3. The summed E-state index contributed by atoms with van der Waals surface area (Å²) in [6.45, 7) is 3.84. The Kier molecular flexibility index (Phi) is 6.75. The smallest absolute Gasteiger partial charge is 0.258 e. The molecule has 0 aliphatic rings. The summed E-state index contributed by atoms with van der Waals surface area (Å²) in [5, 5.41) is 11.7. The number of para-hydroxylation sites is 1. The van der Waals surface area contributed by atoms with Crippen molar-refractivity contribution < 1.29 is 13.3 Å². The molecular weight excluding hydrogens is 462 g/mol. The van der Waals surface area contributed by atoms with Crippen LogP contribution in [0.2, 0.25) is 0 Å². The number of sulfonamides is 1. The van der Waals surface area contributed by atoms with Gasteiger partial charge in [0.15, 0.2) is 10.7 Å². The van der Waals surface area contributed by atoms with Crippen LogP contribution in [0.5, 0.6) is 0 Å². The number of rotatable bonds is 6. The third-order valence-corrected chi connectivity index (χ3v) is 7.11. The molecule has 0 amide bonds. The molecule has 0 saturated carbocycles. The van der Waals surface area contributed by atoms with E-state index in [9.17, 15) is 18.5 Å². The topological polar surface area (TPSA) is 92.9 Å². The number of anilines is 1. The minimum atomic E-state index is -4.46. The second-order valence-corrected chi connectivity index (χ2v) is 9.72. The van der Waals surface area contributed by atoms with E-state index in [-0.39, 0.29) is 5.84 Å². The predicted octanol–water partition coefficient (Wildman–Crippen LogP) is 6.19.